The van der Waals surface area contributed by atoms with Crippen molar-refractivity contribution in [3.63, 3.8) is 0 Å². The third-order valence-corrected chi connectivity index (χ3v) is 7.20. The van der Waals surface area contributed by atoms with E-state index in [-0.39, 0.29) is 23.6 Å². The van der Waals surface area contributed by atoms with Gasteiger partial charge in [-0.3, -0.25) is 24.6 Å². The number of benzene rings is 2. The number of aromatic nitrogens is 2. The molecule has 202 valence electrons. The number of morpholine rings is 1. The Kier molecular flexibility index (Phi) is 7.53. The number of hydrogen-bond acceptors (Lipinski definition) is 8. The summed E-state index contributed by atoms with van der Waals surface area (Å²) in [6.45, 7) is 5.69. The lowest BCUT2D eigenvalue weighted by molar-refractivity contribution is -0.384. The molecule has 2 saturated heterocycles. The molecule has 1 atom stereocenters. The van der Waals surface area contributed by atoms with Crippen LogP contribution in [0.1, 0.15) is 29.3 Å². The smallest absolute Gasteiger partial charge is 0.295 e. The molecule has 11 heteroatoms. The first-order chi connectivity index (χ1) is 18.9. The van der Waals surface area contributed by atoms with E-state index in [0.29, 0.717) is 36.5 Å². The number of ketones is 1. The lowest BCUT2D eigenvalue weighted by atomic mass is 9.95. The van der Waals surface area contributed by atoms with Crippen molar-refractivity contribution in [1.29, 1.82) is 0 Å². The normalized spacial score (nSPS) is 19.5. The summed E-state index contributed by atoms with van der Waals surface area (Å²) in [5.74, 6) is -1.84. The van der Waals surface area contributed by atoms with Crippen LogP contribution in [0.2, 0.25) is 0 Å². The van der Waals surface area contributed by atoms with E-state index in [9.17, 15) is 24.8 Å². The van der Waals surface area contributed by atoms with Gasteiger partial charge in [-0.25, -0.2) is 4.68 Å². The van der Waals surface area contributed by atoms with Crippen LogP contribution in [0.3, 0.4) is 0 Å². The molecule has 11 nitrogen and oxygen atoms in total. The minimum atomic E-state index is -0.894. The summed E-state index contributed by atoms with van der Waals surface area (Å²) in [7, 11) is 0. The third-order valence-electron chi connectivity index (χ3n) is 7.20. The Labute approximate surface area is 225 Å². The van der Waals surface area contributed by atoms with Crippen molar-refractivity contribution >= 4 is 23.1 Å². The molecule has 0 spiro atoms. The van der Waals surface area contributed by atoms with Crippen molar-refractivity contribution in [3.05, 3.63) is 93.3 Å². The predicted molar refractivity (Wildman–Crippen MR) is 142 cm³/mol. The average Bonchev–Trinajstić information content (AvgIpc) is 3.46. The zero-order chi connectivity index (χ0) is 27.5. The van der Waals surface area contributed by atoms with Gasteiger partial charge in [-0.05, 0) is 43.2 Å². The van der Waals surface area contributed by atoms with Crippen molar-refractivity contribution in [2.24, 2.45) is 0 Å². The van der Waals surface area contributed by atoms with Gasteiger partial charge >= 0.3 is 0 Å². The highest BCUT2D eigenvalue weighted by Gasteiger charge is 2.46. The van der Waals surface area contributed by atoms with Crippen LogP contribution in [0, 0.1) is 17.0 Å². The number of nitro groups is 1. The second-order valence-corrected chi connectivity index (χ2v) is 9.54. The van der Waals surface area contributed by atoms with E-state index in [1.54, 1.807) is 11.6 Å². The van der Waals surface area contributed by atoms with Crippen molar-refractivity contribution in [2.45, 2.75) is 19.4 Å². The molecule has 39 heavy (non-hydrogen) atoms. The van der Waals surface area contributed by atoms with Gasteiger partial charge in [0.05, 0.1) is 52.9 Å². The summed E-state index contributed by atoms with van der Waals surface area (Å²) in [6.07, 6.45) is 2.08. The van der Waals surface area contributed by atoms with Crippen molar-refractivity contribution in [2.75, 3.05) is 39.4 Å². The standard InChI is InChI=1S/C28H29N5O6/c1-19-23(18-29-32(19)21-6-3-2-4-7-21)26(34)24-25(20-8-10-22(11-9-20)33(37)38)31(28(36)27(24)35)13-5-12-30-14-16-39-17-15-30/h2-4,6-11,18,25,34H,5,12-17H2,1H3. The number of amides is 1. The maximum absolute atomic E-state index is 13.4. The molecule has 3 aromatic rings. The van der Waals surface area contributed by atoms with E-state index in [1.807, 2.05) is 30.3 Å². The summed E-state index contributed by atoms with van der Waals surface area (Å²) in [5, 5.41) is 27.1. The Balaban J connectivity index is 1.52. The zero-order valence-electron chi connectivity index (χ0n) is 21.5. The second kappa shape index (κ2) is 11.2. The molecule has 1 N–H and O–H groups in total. The van der Waals surface area contributed by atoms with Gasteiger partial charge in [-0.15, -0.1) is 0 Å². The Morgan fingerprint density at radius 3 is 2.44 bits per heavy atom. The number of aliphatic hydroxyl groups excluding tert-OH is 1. The number of likely N-dealkylation sites (tertiary alicyclic amines) is 1. The minimum absolute atomic E-state index is 0.0593. The minimum Gasteiger partial charge on any atom is -0.507 e. The van der Waals surface area contributed by atoms with Crippen LogP contribution in [0.4, 0.5) is 5.69 Å². The SMILES string of the molecule is Cc1c(C(O)=C2C(=O)C(=O)N(CCCN3CCOCC3)C2c2ccc([N+](=O)[O-])cc2)cnn1-c1ccccc1. The second-order valence-electron chi connectivity index (χ2n) is 9.54. The van der Waals surface area contributed by atoms with Crippen LogP contribution < -0.4 is 0 Å². The average molecular weight is 532 g/mol. The lowest BCUT2D eigenvalue weighted by Gasteiger charge is -2.29. The summed E-state index contributed by atoms with van der Waals surface area (Å²) < 4.78 is 7.04. The zero-order valence-corrected chi connectivity index (χ0v) is 21.5. The van der Waals surface area contributed by atoms with E-state index in [0.717, 1.165) is 25.3 Å². The van der Waals surface area contributed by atoms with Crippen LogP contribution in [-0.4, -0.2) is 80.7 Å². The number of para-hydroxylation sites is 1. The van der Waals surface area contributed by atoms with Gasteiger partial charge in [0, 0.05) is 38.3 Å². The molecule has 5 rings (SSSR count). The molecule has 3 heterocycles. The number of ether oxygens (including phenoxy) is 1. The Morgan fingerprint density at radius 1 is 1.08 bits per heavy atom. The number of non-ortho nitro benzene ring substituents is 1. The monoisotopic (exact) mass is 531 g/mol. The molecule has 1 aromatic heterocycles. The van der Waals surface area contributed by atoms with E-state index in [1.165, 1.54) is 35.4 Å². The van der Waals surface area contributed by atoms with Crippen LogP contribution in [0.5, 0.6) is 0 Å². The van der Waals surface area contributed by atoms with Gasteiger partial charge in [0.25, 0.3) is 17.4 Å². The van der Waals surface area contributed by atoms with Crippen LogP contribution in [0.25, 0.3) is 11.4 Å². The molecule has 1 unspecified atom stereocenters. The molecule has 2 aliphatic rings. The van der Waals surface area contributed by atoms with Gasteiger partial charge in [-0.1, -0.05) is 18.2 Å². The summed E-state index contributed by atoms with van der Waals surface area (Å²) in [4.78, 5) is 41.0. The summed E-state index contributed by atoms with van der Waals surface area (Å²) in [5.41, 5.74) is 2.04. The molecule has 1 amide bonds. The first-order valence-corrected chi connectivity index (χ1v) is 12.8. The van der Waals surface area contributed by atoms with Crippen molar-refractivity contribution in [1.82, 2.24) is 19.6 Å². The number of aliphatic hydroxyl groups is 1. The lowest BCUT2D eigenvalue weighted by Crippen LogP contribution is -2.38. The first-order valence-electron chi connectivity index (χ1n) is 12.8. The molecule has 2 aliphatic heterocycles. The Morgan fingerprint density at radius 2 is 1.77 bits per heavy atom. The summed E-state index contributed by atoms with van der Waals surface area (Å²) in [6, 6.07) is 14.2. The number of nitrogens with zero attached hydrogens (tertiary/aromatic N) is 5. The van der Waals surface area contributed by atoms with Crippen LogP contribution >= 0.6 is 0 Å². The molecular weight excluding hydrogens is 502 g/mol. The molecule has 0 saturated carbocycles. The number of carbonyl (C=O) groups is 2. The Hall–Kier alpha value is -4.35. The topological polar surface area (TPSA) is 131 Å². The molecule has 2 aromatic carbocycles. The van der Waals surface area contributed by atoms with Crippen molar-refractivity contribution < 1.29 is 24.4 Å². The van der Waals surface area contributed by atoms with Crippen LogP contribution in [0.15, 0.2) is 66.4 Å². The van der Waals surface area contributed by atoms with E-state index >= 15 is 0 Å². The molecule has 0 aliphatic carbocycles. The van der Waals surface area contributed by atoms with E-state index < -0.39 is 22.7 Å². The molecular formula is C28H29N5O6. The van der Waals surface area contributed by atoms with Gasteiger partial charge < -0.3 is 14.7 Å². The van der Waals surface area contributed by atoms with Crippen LogP contribution in [-0.2, 0) is 14.3 Å². The fourth-order valence-electron chi connectivity index (χ4n) is 5.14. The number of nitro benzene ring substituents is 1. The van der Waals surface area contributed by atoms with E-state index in [2.05, 4.69) is 10.00 Å². The number of hydrogen-bond donors (Lipinski definition) is 1. The molecule has 0 bridgehead atoms. The largest absolute Gasteiger partial charge is 0.507 e. The number of carbonyl (C=O) groups excluding carboxylic acids is 2. The quantitative estimate of drug-likeness (QED) is 0.154. The fourth-order valence-corrected chi connectivity index (χ4v) is 5.14. The maximum Gasteiger partial charge on any atom is 0.295 e. The maximum atomic E-state index is 13.4. The third kappa shape index (κ3) is 5.18. The van der Waals surface area contributed by atoms with Gasteiger partial charge in [-0.2, -0.15) is 5.10 Å². The molecule has 2 fully saturated rings. The van der Waals surface area contributed by atoms with Crippen molar-refractivity contribution in [3.8, 4) is 5.69 Å². The highest BCUT2D eigenvalue weighted by Crippen LogP contribution is 2.40. The highest BCUT2D eigenvalue weighted by molar-refractivity contribution is 6.46. The van der Waals surface area contributed by atoms with Gasteiger partial charge in [0.15, 0.2) is 0 Å². The van der Waals surface area contributed by atoms with E-state index in [4.69, 9.17) is 4.74 Å². The molecule has 0 radical (unpaired) electrons. The van der Waals surface area contributed by atoms with Gasteiger partial charge in [0.1, 0.15) is 5.76 Å². The number of Topliss-reactive ketones (excluding diaryl/α,β-unsaturated/α-hetero) is 1. The highest BCUT2D eigenvalue weighted by atomic mass is 16.6. The Bertz CT molecular complexity index is 1410. The van der Waals surface area contributed by atoms with Gasteiger partial charge in [0.2, 0.25) is 0 Å². The summed E-state index contributed by atoms with van der Waals surface area (Å²) >= 11 is 0. The first kappa shape index (κ1) is 26.3. The number of rotatable bonds is 8. The predicted octanol–water partition coefficient (Wildman–Crippen LogP) is 3.23. The fraction of sp³-hybridized carbons (Fsp3) is 0.321.